The summed E-state index contributed by atoms with van der Waals surface area (Å²) in [7, 11) is 0. The number of hydrogen-bond acceptors (Lipinski definition) is 3. The quantitative estimate of drug-likeness (QED) is 0.876. The number of nitrogens with zero attached hydrogens (tertiary/aromatic N) is 2. The van der Waals surface area contributed by atoms with Gasteiger partial charge in [0, 0.05) is 6.20 Å². The van der Waals surface area contributed by atoms with Crippen LogP contribution in [0.2, 0.25) is 0 Å². The number of hydrogen-bond donors (Lipinski definition) is 1. The number of carbonyl (C=O) groups is 1. The topological polar surface area (TPSA) is 56.1 Å². The number of para-hydroxylation sites is 1. The molecule has 0 spiro atoms. The van der Waals surface area contributed by atoms with Crippen LogP contribution >= 0.6 is 0 Å². The van der Waals surface area contributed by atoms with Gasteiger partial charge in [0.2, 0.25) is 0 Å². The average molecular weight is 361 g/mol. The molecule has 0 saturated carbocycles. The molecule has 0 aliphatic heterocycles. The smallest absolute Gasteiger partial charge is 0.254 e. The summed E-state index contributed by atoms with van der Waals surface area (Å²) in [6, 6.07) is 5.94. The Balaban J connectivity index is 2.09. The Bertz CT molecular complexity index is 757. The zero-order valence-electron chi connectivity index (χ0n) is 16.3. The first-order valence-electron chi connectivity index (χ1n) is 8.72. The van der Waals surface area contributed by atoms with Gasteiger partial charge in [0.1, 0.15) is 6.61 Å². The molecule has 1 aromatic heterocycles. The number of aromatic nitrogens is 2. The normalized spacial score (nSPS) is 13.3. The van der Waals surface area contributed by atoms with Gasteiger partial charge in [0.15, 0.2) is 11.6 Å². The standard InChI is InChI=1S/C20H28FN3O2/c1-19(2,3)17(13-26-16-10-8-7-9-15(16)21)23-18(25)14-11-22-24(12-14)20(4,5)6/h7-12,17H,13H2,1-6H3,(H,23,25). The lowest BCUT2D eigenvalue weighted by Gasteiger charge is -2.31. The van der Waals surface area contributed by atoms with E-state index < -0.39 is 5.82 Å². The van der Waals surface area contributed by atoms with E-state index in [9.17, 15) is 9.18 Å². The van der Waals surface area contributed by atoms with Crippen LogP contribution in [0, 0.1) is 11.2 Å². The van der Waals surface area contributed by atoms with Gasteiger partial charge in [0.05, 0.1) is 23.3 Å². The van der Waals surface area contributed by atoms with Crippen molar-refractivity contribution in [2.24, 2.45) is 5.41 Å². The van der Waals surface area contributed by atoms with Crippen LogP contribution in [-0.4, -0.2) is 28.3 Å². The Hall–Kier alpha value is -2.37. The van der Waals surface area contributed by atoms with Crippen LogP contribution in [0.1, 0.15) is 51.9 Å². The summed E-state index contributed by atoms with van der Waals surface area (Å²) in [6.07, 6.45) is 3.28. The minimum absolute atomic E-state index is 0.170. The summed E-state index contributed by atoms with van der Waals surface area (Å²) in [5, 5.41) is 7.25. The van der Waals surface area contributed by atoms with Crippen molar-refractivity contribution in [3.8, 4) is 5.75 Å². The molecule has 2 rings (SSSR count). The molecule has 5 nitrogen and oxygen atoms in total. The van der Waals surface area contributed by atoms with Crippen LogP contribution < -0.4 is 10.1 Å². The molecule has 6 heteroatoms. The summed E-state index contributed by atoms with van der Waals surface area (Å²) in [5.74, 6) is -0.466. The highest BCUT2D eigenvalue weighted by Gasteiger charge is 2.28. The molecule has 0 aliphatic carbocycles. The Labute approximate surface area is 154 Å². The van der Waals surface area contributed by atoms with E-state index in [0.29, 0.717) is 5.56 Å². The van der Waals surface area contributed by atoms with Crippen LogP contribution in [-0.2, 0) is 5.54 Å². The third-order valence-corrected chi connectivity index (χ3v) is 4.12. The first-order valence-corrected chi connectivity index (χ1v) is 8.72. The second-order valence-electron chi connectivity index (χ2n) is 8.48. The Morgan fingerprint density at radius 1 is 1.23 bits per heavy atom. The monoisotopic (exact) mass is 361 g/mol. The molecule has 0 aliphatic rings. The molecular formula is C20H28FN3O2. The van der Waals surface area contributed by atoms with Gasteiger partial charge in [-0.25, -0.2) is 4.39 Å². The predicted molar refractivity (Wildman–Crippen MR) is 99.8 cm³/mol. The lowest BCUT2D eigenvalue weighted by molar-refractivity contribution is 0.0860. The second-order valence-corrected chi connectivity index (χ2v) is 8.48. The van der Waals surface area contributed by atoms with Gasteiger partial charge in [-0.1, -0.05) is 32.9 Å². The minimum atomic E-state index is -0.419. The SMILES string of the molecule is CC(C)(C)C(COc1ccccc1F)NC(=O)c1cnn(C(C)(C)C)c1. The number of amides is 1. The zero-order valence-corrected chi connectivity index (χ0v) is 16.3. The first-order chi connectivity index (χ1) is 12.0. The molecule has 1 aromatic carbocycles. The summed E-state index contributed by atoms with van der Waals surface area (Å²) in [5.41, 5.74) is 0.0247. The molecule has 2 aromatic rings. The van der Waals surface area contributed by atoms with E-state index in [-0.39, 0.29) is 35.3 Å². The lowest BCUT2D eigenvalue weighted by atomic mass is 9.87. The van der Waals surface area contributed by atoms with Gasteiger partial charge in [-0.05, 0) is 38.3 Å². The molecule has 0 saturated heterocycles. The van der Waals surface area contributed by atoms with Gasteiger partial charge < -0.3 is 10.1 Å². The van der Waals surface area contributed by atoms with E-state index in [1.165, 1.54) is 6.07 Å². The maximum atomic E-state index is 13.8. The van der Waals surface area contributed by atoms with Crippen LogP contribution in [0.25, 0.3) is 0 Å². The molecule has 0 radical (unpaired) electrons. The number of halogens is 1. The third kappa shape index (κ3) is 5.07. The molecule has 1 heterocycles. The molecule has 0 fully saturated rings. The highest BCUT2D eigenvalue weighted by molar-refractivity contribution is 5.93. The lowest BCUT2D eigenvalue weighted by Crippen LogP contribution is -2.47. The number of ether oxygens (including phenoxy) is 1. The Morgan fingerprint density at radius 3 is 2.42 bits per heavy atom. The number of rotatable bonds is 5. The fourth-order valence-electron chi connectivity index (χ4n) is 2.29. The van der Waals surface area contributed by atoms with E-state index in [4.69, 9.17) is 4.74 Å². The fourth-order valence-corrected chi connectivity index (χ4v) is 2.29. The van der Waals surface area contributed by atoms with Gasteiger partial charge in [-0.15, -0.1) is 0 Å². The van der Waals surface area contributed by atoms with Crippen molar-refractivity contribution in [3.05, 3.63) is 48.0 Å². The largest absolute Gasteiger partial charge is 0.488 e. The average Bonchev–Trinajstić information content (AvgIpc) is 3.01. The van der Waals surface area contributed by atoms with Crippen LogP contribution in [0.5, 0.6) is 5.75 Å². The van der Waals surface area contributed by atoms with Gasteiger partial charge >= 0.3 is 0 Å². The van der Waals surface area contributed by atoms with Crippen molar-refractivity contribution in [1.82, 2.24) is 15.1 Å². The van der Waals surface area contributed by atoms with Gasteiger partial charge in [0.25, 0.3) is 5.91 Å². The van der Waals surface area contributed by atoms with E-state index >= 15 is 0 Å². The van der Waals surface area contributed by atoms with Crippen molar-refractivity contribution in [2.45, 2.75) is 53.1 Å². The second kappa shape index (κ2) is 7.48. The summed E-state index contributed by atoms with van der Waals surface area (Å²) >= 11 is 0. The minimum Gasteiger partial charge on any atom is -0.488 e. The highest BCUT2D eigenvalue weighted by Crippen LogP contribution is 2.23. The number of nitrogens with one attached hydrogen (secondary N) is 1. The summed E-state index contributed by atoms with van der Waals surface area (Å²) < 4.78 is 21.1. The van der Waals surface area contributed by atoms with E-state index in [2.05, 4.69) is 10.4 Å². The summed E-state index contributed by atoms with van der Waals surface area (Å²) in [4.78, 5) is 12.6. The predicted octanol–water partition coefficient (Wildman–Crippen LogP) is 4.00. The van der Waals surface area contributed by atoms with Crippen LogP contribution in [0.15, 0.2) is 36.7 Å². The number of benzene rings is 1. The maximum Gasteiger partial charge on any atom is 0.254 e. The van der Waals surface area contributed by atoms with E-state index in [1.54, 1.807) is 35.3 Å². The molecule has 1 atom stereocenters. The molecule has 26 heavy (non-hydrogen) atoms. The number of carbonyl (C=O) groups excluding carboxylic acids is 1. The van der Waals surface area contributed by atoms with E-state index in [0.717, 1.165) is 0 Å². The van der Waals surface area contributed by atoms with Crippen molar-refractivity contribution in [2.75, 3.05) is 6.61 Å². The van der Waals surface area contributed by atoms with E-state index in [1.807, 2.05) is 41.5 Å². The first kappa shape index (κ1) is 19.9. The fraction of sp³-hybridized carbons (Fsp3) is 0.500. The zero-order chi connectivity index (χ0) is 19.5. The van der Waals surface area contributed by atoms with Crippen molar-refractivity contribution >= 4 is 5.91 Å². The Morgan fingerprint density at radius 2 is 1.88 bits per heavy atom. The Kier molecular flexibility index (Phi) is 5.74. The molecular weight excluding hydrogens is 333 g/mol. The van der Waals surface area contributed by atoms with Crippen LogP contribution in [0.4, 0.5) is 4.39 Å². The van der Waals surface area contributed by atoms with Gasteiger partial charge in [-0.2, -0.15) is 5.10 Å². The van der Waals surface area contributed by atoms with Crippen LogP contribution in [0.3, 0.4) is 0 Å². The molecule has 1 amide bonds. The van der Waals surface area contributed by atoms with Crippen molar-refractivity contribution < 1.29 is 13.9 Å². The highest BCUT2D eigenvalue weighted by atomic mass is 19.1. The molecule has 142 valence electrons. The maximum absolute atomic E-state index is 13.8. The van der Waals surface area contributed by atoms with Gasteiger partial charge in [-0.3, -0.25) is 9.48 Å². The molecule has 0 bridgehead atoms. The third-order valence-electron chi connectivity index (χ3n) is 4.12. The summed E-state index contributed by atoms with van der Waals surface area (Å²) in [6.45, 7) is 12.2. The van der Waals surface area contributed by atoms with Crippen molar-refractivity contribution in [1.29, 1.82) is 0 Å². The van der Waals surface area contributed by atoms with Crippen molar-refractivity contribution in [3.63, 3.8) is 0 Å². The molecule has 1 N–H and O–H groups in total. The molecule has 1 unspecified atom stereocenters.